The second-order valence-electron chi connectivity index (χ2n) is 4.34. The van der Waals surface area contributed by atoms with Gasteiger partial charge in [0.1, 0.15) is 5.75 Å². The molecule has 0 heterocycles. The zero-order valence-electron chi connectivity index (χ0n) is 11.4. The molecule has 1 N–H and O–H groups in total. The molecule has 0 aliphatic carbocycles. The van der Waals surface area contributed by atoms with E-state index in [1.165, 1.54) is 0 Å². The van der Waals surface area contributed by atoms with Crippen molar-refractivity contribution in [2.24, 2.45) is 0 Å². The van der Waals surface area contributed by atoms with Crippen LogP contribution in [0.2, 0.25) is 5.02 Å². The van der Waals surface area contributed by atoms with E-state index in [9.17, 15) is 4.79 Å². The molecule has 0 aromatic heterocycles. The average molecular weight is 301 g/mol. The van der Waals surface area contributed by atoms with Crippen LogP contribution in [0, 0.1) is 11.3 Å². The molecule has 0 atom stereocenters. The highest BCUT2D eigenvalue weighted by Crippen LogP contribution is 2.24. The lowest BCUT2D eigenvalue weighted by Gasteiger charge is -2.10. The molecule has 0 aliphatic heterocycles. The molecule has 0 saturated carbocycles. The third-order valence-electron chi connectivity index (χ3n) is 2.91. The van der Waals surface area contributed by atoms with Gasteiger partial charge in [-0.05, 0) is 24.3 Å². The predicted molar refractivity (Wildman–Crippen MR) is 81.5 cm³/mol. The van der Waals surface area contributed by atoms with Gasteiger partial charge in [0.15, 0.2) is 0 Å². The second kappa shape index (κ2) is 6.78. The standard InChI is InChI=1S/C16H13ClN2O2/c1-21-15-5-3-2-4-12(15)9-16(20)19-14-8-11(10-18)6-7-13(14)17/h2-8H,9H2,1H3,(H,19,20). The molecule has 0 aliphatic rings. The minimum absolute atomic E-state index is 0.164. The maximum absolute atomic E-state index is 12.1. The fourth-order valence-corrected chi connectivity index (χ4v) is 2.07. The molecule has 0 spiro atoms. The Morgan fingerprint density at radius 2 is 2.10 bits per heavy atom. The molecular weight excluding hydrogens is 288 g/mol. The molecule has 2 aromatic carbocycles. The van der Waals surface area contributed by atoms with Gasteiger partial charge in [0, 0.05) is 5.56 Å². The number of methoxy groups -OCH3 is 1. The largest absolute Gasteiger partial charge is 0.496 e. The van der Waals surface area contributed by atoms with Crippen LogP contribution in [0.1, 0.15) is 11.1 Å². The molecule has 21 heavy (non-hydrogen) atoms. The van der Waals surface area contributed by atoms with Crippen molar-refractivity contribution >= 4 is 23.2 Å². The fourth-order valence-electron chi connectivity index (χ4n) is 1.91. The van der Waals surface area contributed by atoms with Gasteiger partial charge in [-0.25, -0.2) is 0 Å². The van der Waals surface area contributed by atoms with Crippen molar-refractivity contribution in [3.8, 4) is 11.8 Å². The summed E-state index contributed by atoms with van der Waals surface area (Å²) < 4.78 is 5.21. The molecule has 2 rings (SSSR count). The number of rotatable bonds is 4. The van der Waals surface area contributed by atoms with Gasteiger partial charge in [-0.1, -0.05) is 29.8 Å². The third kappa shape index (κ3) is 3.74. The number of amides is 1. The first-order valence-electron chi connectivity index (χ1n) is 6.25. The Bertz CT molecular complexity index is 708. The highest BCUT2D eigenvalue weighted by Gasteiger charge is 2.10. The molecule has 2 aromatic rings. The van der Waals surface area contributed by atoms with Crippen molar-refractivity contribution in [3.63, 3.8) is 0 Å². The average Bonchev–Trinajstić information content (AvgIpc) is 2.50. The van der Waals surface area contributed by atoms with Crippen molar-refractivity contribution in [2.75, 3.05) is 12.4 Å². The summed E-state index contributed by atoms with van der Waals surface area (Å²) in [7, 11) is 1.56. The Labute approximate surface area is 127 Å². The topological polar surface area (TPSA) is 62.1 Å². The van der Waals surface area contributed by atoms with E-state index in [2.05, 4.69) is 5.32 Å². The maximum Gasteiger partial charge on any atom is 0.228 e. The van der Waals surface area contributed by atoms with E-state index in [4.69, 9.17) is 21.6 Å². The lowest BCUT2D eigenvalue weighted by Crippen LogP contribution is -2.15. The first kappa shape index (κ1) is 14.9. The van der Waals surface area contributed by atoms with E-state index >= 15 is 0 Å². The summed E-state index contributed by atoms with van der Waals surface area (Å²) >= 11 is 6.01. The van der Waals surface area contributed by atoms with E-state index in [1.54, 1.807) is 31.4 Å². The molecule has 5 heteroatoms. The van der Waals surface area contributed by atoms with Crippen molar-refractivity contribution in [1.82, 2.24) is 0 Å². The van der Waals surface area contributed by atoms with Gasteiger partial charge >= 0.3 is 0 Å². The Kier molecular flexibility index (Phi) is 4.81. The Balaban J connectivity index is 2.14. The Morgan fingerprint density at radius 3 is 2.81 bits per heavy atom. The van der Waals surface area contributed by atoms with Crippen LogP contribution in [-0.2, 0) is 11.2 Å². The summed E-state index contributed by atoms with van der Waals surface area (Å²) in [6, 6.07) is 14.0. The van der Waals surface area contributed by atoms with Gasteiger partial charge < -0.3 is 10.1 Å². The molecule has 0 bridgehead atoms. The summed E-state index contributed by atoms with van der Waals surface area (Å²) in [4.78, 5) is 12.1. The minimum atomic E-state index is -0.225. The van der Waals surface area contributed by atoms with E-state index < -0.39 is 0 Å². The molecule has 0 radical (unpaired) electrons. The van der Waals surface area contributed by atoms with Crippen molar-refractivity contribution in [1.29, 1.82) is 5.26 Å². The number of nitrogens with one attached hydrogen (secondary N) is 1. The van der Waals surface area contributed by atoms with Crippen LogP contribution >= 0.6 is 11.6 Å². The van der Waals surface area contributed by atoms with Crippen LogP contribution in [0.15, 0.2) is 42.5 Å². The lowest BCUT2D eigenvalue weighted by molar-refractivity contribution is -0.115. The number of halogens is 1. The third-order valence-corrected chi connectivity index (χ3v) is 3.24. The number of hydrogen-bond acceptors (Lipinski definition) is 3. The van der Waals surface area contributed by atoms with Crippen molar-refractivity contribution in [2.45, 2.75) is 6.42 Å². The van der Waals surface area contributed by atoms with Crippen LogP contribution in [0.4, 0.5) is 5.69 Å². The normalized spacial score (nSPS) is 9.76. The van der Waals surface area contributed by atoms with Crippen LogP contribution < -0.4 is 10.1 Å². The van der Waals surface area contributed by atoms with E-state index in [0.29, 0.717) is 22.0 Å². The zero-order valence-corrected chi connectivity index (χ0v) is 12.1. The number of nitrogens with zero attached hydrogens (tertiary/aromatic N) is 1. The second-order valence-corrected chi connectivity index (χ2v) is 4.75. The SMILES string of the molecule is COc1ccccc1CC(=O)Nc1cc(C#N)ccc1Cl. The fraction of sp³-hybridized carbons (Fsp3) is 0.125. The number of anilines is 1. The lowest BCUT2D eigenvalue weighted by atomic mass is 10.1. The first-order valence-corrected chi connectivity index (χ1v) is 6.63. The van der Waals surface area contributed by atoms with Crippen LogP contribution in [-0.4, -0.2) is 13.0 Å². The van der Waals surface area contributed by atoms with Crippen molar-refractivity contribution < 1.29 is 9.53 Å². The Hall–Kier alpha value is -2.51. The summed E-state index contributed by atoms with van der Waals surface area (Å²) in [6.45, 7) is 0. The van der Waals surface area contributed by atoms with Crippen LogP contribution in [0.5, 0.6) is 5.75 Å². The molecular formula is C16H13ClN2O2. The van der Waals surface area contributed by atoms with Crippen molar-refractivity contribution in [3.05, 3.63) is 58.6 Å². The summed E-state index contributed by atoms with van der Waals surface area (Å²) in [5.41, 5.74) is 1.65. The summed E-state index contributed by atoms with van der Waals surface area (Å²) in [6.07, 6.45) is 0.164. The highest BCUT2D eigenvalue weighted by molar-refractivity contribution is 6.33. The predicted octanol–water partition coefficient (Wildman–Crippen LogP) is 3.40. The molecule has 4 nitrogen and oxygen atoms in total. The zero-order chi connectivity index (χ0) is 15.2. The van der Waals surface area contributed by atoms with E-state index in [1.807, 2.05) is 24.3 Å². The molecule has 0 unspecified atom stereocenters. The maximum atomic E-state index is 12.1. The quantitative estimate of drug-likeness (QED) is 0.941. The number of carbonyl (C=O) groups is 1. The number of nitriles is 1. The monoisotopic (exact) mass is 300 g/mol. The summed E-state index contributed by atoms with van der Waals surface area (Å²) in [5, 5.41) is 12.0. The minimum Gasteiger partial charge on any atom is -0.496 e. The van der Waals surface area contributed by atoms with Crippen LogP contribution in [0.25, 0.3) is 0 Å². The molecule has 1 amide bonds. The molecule has 0 fully saturated rings. The highest BCUT2D eigenvalue weighted by atomic mass is 35.5. The van der Waals surface area contributed by atoms with Gasteiger partial charge in [-0.15, -0.1) is 0 Å². The number of hydrogen-bond donors (Lipinski definition) is 1. The first-order chi connectivity index (χ1) is 10.1. The smallest absolute Gasteiger partial charge is 0.228 e. The van der Waals surface area contributed by atoms with Gasteiger partial charge in [-0.3, -0.25) is 4.79 Å². The summed E-state index contributed by atoms with van der Waals surface area (Å²) in [5.74, 6) is 0.431. The van der Waals surface area contributed by atoms with Gasteiger partial charge in [-0.2, -0.15) is 5.26 Å². The number of ether oxygens (including phenoxy) is 1. The molecule has 0 saturated heterocycles. The van der Waals surface area contributed by atoms with Gasteiger partial charge in [0.05, 0.1) is 35.9 Å². The van der Waals surface area contributed by atoms with Gasteiger partial charge in [0.2, 0.25) is 5.91 Å². The number of benzene rings is 2. The number of para-hydroxylation sites is 1. The molecule has 106 valence electrons. The van der Waals surface area contributed by atoms with Crippen LogP contribution in [0.3, 0.4) is 0 Å². The van der Waals surface area contributed by atoms with E-state index in [0.717, 1.165) is 5.56 Å². The van der Waals surface area contributed by atoms with E-state index in [-0.39, 0.29) is 12.3 Å². The number of carbonyl (C=O) groups excluding carboxylic acids is 1. The van der Waals surface area contributed by atoms with Gasteiger partial charge in [0.25, 0.3) is 0 Å². The Morgan fingerprint density at radius 1 is 1.33 bits per heavy atom.